The molecule has 0 spiro atoms. The molecular formula is C18H19N3O3. The first-order valence-electron chi connectivity index (χ1n) is 8.01. The van der Waals surface area contributed by atoms with E-state index in [4.69, 9.17) is 0 Å². The van der Waals surface area contributed by atoms with Gasteiger partial charge in [0.05, 0.1) is 0 Å². The third kappa shape index (κ3) is 3.71. The molecule has 0 aliphatic heterocycles. The third-order valence-electron chi connectivity index (χ3n) is 4.16. The summed E-state index contributed by atoms with van der Waals surface area (Å²) >= 11 is 0. The fourth-order valence-electron chi connectivity index (χ4n) is 2.84. The number of nitrogens with one attached hydrogen (secondary N) is 3. The third-order valence-corrected chi connectivity index (χ3v) is 4.16. The second kappa shape index (κ2) is 7.12. The van der Waals surface area contributed by atoms with Crippen LogP contribution < -0.4 is 10.9 Å². The van der Waals surface area contributed by atoms with E-state index in [2.05, 4.69) is 15.8 Å². The first-order valence-corrected chi connectivity index (χ1v) is 8.01. The molecule has 124 valence electrons. The lowest BCUT2D eigenvalue weighted by Gasteiger charge is -2.07. The van der Waals surface area contributed by atoms with Crippen molar-refractivity contribution in [2.75, 3.05) is 0 Å². The van der Waals surface area contributed by atoms with Gasteiger partial charge in [0.25, 0.3) is 5.91 Å². The number of fused-ring (bicyclic) bond motifs is 1. The number of H-pyrrole nitrogens is 1. The summed E-state index contributed by atoms with van der Waals surface area (Å²) in [5, 5.41) is 0. The Morgan fingerprint density at radius 3 is 2.62 bits per heavy atom. The SMILES string of the molecule is O=C(CCC(=O)c1ccc2c(c1)CCC2)NNC(=O)c1ccc[nH]1. The maximum atomic E-state index is 12.2. The zero-order chi connectivity index (χ0) is 16.9. The van der Waals surface area contributed by atoms with Crippen LogP contribution in [-0.2, 0) is 17.6 Å². The van der Waals surface area contributed by atoms with Crippen molar-refractivity contribution in [3.63, 3.8) is 0 Å². The molecule has 0 fully saturated rings. The normalized spacial score (nSPS) is 12.5. The van der Waals surface area contributed by atoms with E-state index in [0.29, 0.717) is 11.3 Å². The maximum absolute atomic E-state index is 12.2. The molecule has 1 heterocycles. The van der Waals surface area contributed by atoms with Gasteiger partial charge in [-0.05, 0) is 48.6 Å². The van der Waals surface area contributed by atoms with Gasteiger partial charge in [-0.15, -0.1) is 0 Å². The highest BCUT2D eigenvalue weighted by Gasteiger charge is 2.15. The number of ketones is 1. The largest absolute Gasteiger partial charge is 0.357 e. The van der Waals surface area contributed by atoms with Crippen molar-refractivity contribution >= 4 is 17.6 Å². The number of Topliss-reactive ketones (excluding diaryl/α,β-unsaturated/α-hetero) is 1. The van der Waals surface area contributed by atoms with Crippen LogP contribution in [0.5, 0.6) is 0 Å². The van der Waals surface area contributed by atoms with Crippen molar-refractivity contribution in [1.82, 2.24) is 15.8 Å². The van der Waals surface area contributed by atoms with Crippen molar-refractivity contribution in [1.29, 1.82) is 0 Å². The molecular weight excluding hydrogens is 306 g/mol. The predicted molar refractivity (Wildman–Crippen MR) is 88.4 cm³/mol. The standard InChI is InChI=1S/C18H19N3O3/c22-16(14-7-6-12-3-1-4-13(12)11-14)8-9-17(23)20-21-18(24)15-5-2-10-19-15/h2,5-7,10-11,19H,1,3-4,8-9H2,(H,20,23)(H,21,24). The minimum Gasteiger partial charge on any atom is -0.357 e. The molecule has 1 aromatic carbocycles. The van der Waals surface area contributed by atoms with E-state index >= 15 is 0 Å². The lowest BCUT2D eigenvalue weighted by atomic mass is 10.0. The number of rotatable bonds is 5. The minimum absolute atomic E-state index is 0.0287. The van der Waals surface area contributed by atoms with Crippen LogP contribution in [-0.4, -0.2) is 22.6 Å². The topological polar surface area (TPSA) is 91.1 Å². The smallest absolute Gasteiger partial charge is 0.286 e. The number of aromatic amines is 1. The summed E-state index contributed by atoms with van der Waals surface area (Å²) in [5.41, 5.74) is 8.17. The average Bonchev–Trinajstić information content (AvgIpc) is 3.27. The highest BCUT2D eigenvalue weighted by atomic mass is 16.2. The molecule has 2 aromatic rings. The van der Waals surface area contributed by atoms with Crippen molar-refractivity contribution in [2.45, 2.75) is 32.1 Å². The number of aryl methyl sites for hydroxylation is 2. The number of hydrazine groups is 1. The second-order valence-electron chi connectivity index (χ2n) is 5.85. The monoisotopic (exact) mass is 325 g/mol. The molecule has 1 aliphatic carbocycles. The Labute approximate surface area is 139 Å². The van der Waals surface area contributed by atoms with Crippen molar-refractivity contribution in [3.8, 4) is 0 Å². The summed E-state index contributed by atoms with van der Waals surface area (Å²) in [4.78, 5) is 38.3. The molecule has 0 unspecified atom stereocenters. The average molecular weight is 325 g/mol. The van der Waals surface area contributed by atoms with E-state index in [0.717, 1.165) is 19.3 Å². The molecule has 2 amide bonds. The van der Waals surface area contributed by atoms with Crippen LogP contribution in [0, 0.1) is 0 Å². The summed E-state index contributed by atoms with van der Waals surface area (Å²) in [7, 11) is 0. The Balaban J connectivity index is 1.45. The summed E-state index contributed by atoms with van der Waals surface area (Å²) in [6.45, 7) is 0. The minimum atomic E-state index is -0.432. The van der Waals surface area contributed by atoms with Crippen LogP contribution in [0.4, 0.5) is 0 Å². The Hall–Kier alpha value is -2.89. The Bertz CT molecular complexity index is 766. The van der Waals surface area contributed by atoms with E-state index < -0.39 is 11.8 Å². The molecule has 0 saturated carbocycles. The summed E-state index contributed by atoms with van der Waals surface area (Å²) < 4.78 is 0. The molecule has 6 nitrogen and oxygen atoms in total. The Morgan fingerprint density at radius 1 is 1.00 bits per heavy atom. The van der Waals surface area contributed by atoms with Crippen LogP contribution in [0.1, 0.15) is 51.2 Å². The van der Waals surface area contributed by atoms with Gasteiger partial charge in [-0.3, -0.25) is 25.2 Å². The van der Waals surface area contributed by atoms with Crippen LogP contribution in [0.3, 0.4) is 0 Å². The maximum Gasteiger partial charge on any atom is 0.286 e. The van der Waals surface area contributed by atoms with Gasteiger partial charge in [-0.25, -0.2) is 0 Å². The molecule has 1 aromatic heterocycles. The van der Waals surface area contributed by atoms with E-state index in [1.807, 2.05) is 18.2 Å². The summed E-state index contributed by atoms with van der Waals surface area (Å²) in [6, 6.07) is 9.06. The molecule has 0 radical (unpaired) electrons. The van der Waals surface area contributed by atoms with Gasteiger partial charge >= 0.3 is 0 Å². The van der Waals surface area contributed by atoms with Gasteiger partial charge in [-0.1, -0.05) is 12.1 Å². The number of hydrogen-bond donors (Lipinski definition) is 3. The second-order valence-corrected chi connectivity index (χ2v) is 5.85. The van der Waals surface area contributed by atoms with Gasteiger partial charge in [0.15, 0.2) is 5.78 Å². The molecule has 1 aliphatic rings. The van der Waals surface area contributed by atoms with Crippen LogP contribution >= 0.6 is 0 Å². The van der Waals surface area contributed by atoms with E-state index in [1.54, 1.807) is 18.3 Å². The number of amides is 2. The van der Waals surface area contributed by atoms with Crippen molar-refractivity contribution in [2.24, 2.45) is 0 Å². The molecule has 3 N–H and O–H groups in total. The predicted octanol–water partition coefficient (Wildman–Crippen LogP) is 1.93. The lowest BCUT2D eigenvalue weighted by molar-refractivity contribution is -0.121. The van der Waals surface area contributed by atoms with Crippen LogP contribution in [0.2, 0.25) is 0 Å². The zero-order valence-corrected chi connectivity index (χ0v) is 13.2. The molecule has 0 saturated heterocycles. The first kappa shape index (κ1) is 16.0. The highest BCUT2D eigenvalue weighted by Crippen LogP contribution is 2.23. The van der Waals surface area contributed by atoms with Crippen molar-refractivity contribution < 1.29 is 14.4 Å². The molecule has 24 heavy (non-hydrogen) atoms. The number of carbonyl (C=O) groups is 3. The first-order chi connectivity index (χ1) is 11.6. The van der Waals surface area contributed by atoms with Gasteiger partial charge in [0.2, 0.25) is 5.91 Å². The molecule has 3 rings (SSSR count). The van der Waals surface area contributed by atoms with Gasteiger partial charge < -0.3 is 4.98 Å². The lowest BCUT2D eigenvalue weighted by Crippen LogP contribution is -2.41. The summed E-state index contributed by atoms with van der Waals surface area (Å²) in [5.74, 6) is -0.891. The van der Waals surface area contributed by atoms with E-state index in [-0.39, 0.29) is 18.6 Å². The number of carbonyl (C=O) groups excluding carboxylic acids is 3. The van der Waals surface area contributed by atoms with E-state index in [9.17, 15) is 14.4 Å². The highest BCUT2D eigenvalue weighted by molar-refractivity contribution is 5.98. The fourth-order valence-corrected chi connectivity index (χ4v) is 2.84. The number of hydrogen-bond acceptors (Lipinski definition) is 3. The van der Waals surface area contributed by atoms with Gasteiger partial charge in [0.1, 0.15) is 5.69 Å². The van der Waals surface area contributed by atoms with E-state index in [1.165, 1.54) is 11.1 Å². The van der Waals surface area contributed by atoms with Gasteiger partial charge in [0, 0.05) is 24.6 Å². The fraction of sp³-hybridized carbons (Fsp3) is 0.278. The Kier molecular flexibility index (Phi) is 4.74. The summed E-state index contributed by atoms with van der Waals surface area (Å²) in [6.07, 6.45) is 4.99. The van der Waals surface area contributed by atoms with Crippen molar-refractivity contribution in [3.05, 3.63) is 58.9 Å². The number of aromatic nitrogens is 1. The van der Waals surface area contributed by atoms with Crippen LogP contribution in [0.15, 0.2) is 36.5 Å². The molecule has 0 atom stereocenters. The molecule has 0 bridgehead atoms. The van der Waals surface area contributed by atoms with Gasteiger partial charge in [-0.2, -0.15) is 0 Å². The zero-order valence-electron chi connectivity index (χ0n) is 13.2. The Morgan fingerprint density at radius 2 is 1.83 bits per heavy atom. The van der Waals surface area contributed by atoms with Crippen LogP contribution in [0.25, 0.3) is 0 Å². The molecule has 6 heteroatoms. The number of benzene rings is 1. The quantitative estimate of drug-likeness (QED) is 0.579.